The van der Waals surface area contributed by atoms with E-state index in [2.05, 4.69) is 20.9 Å². The largest absolute Gasteiger partial charge is 0.367 e. The van der Waals surface area contributed by atoms with E-state index >= 15 is 0 Å². The molecule has 0 bridgehead atoms. The van der Waals surface area contributed by atoms with Crippen LogP contribution < -0.4 is 9.80 Å². The number of hydrogen-bond acceptors (Lipinski definition) is 4. The van der Waals surface area contributed by atoms with Crippen LogP contribution in [0.2, 0.25) is 0 Å². The Morgan fingerprint density at radius 2 is 1.60 bits per heavy atom. The van der Waals surface area contributed by atoms with Crippen LogP contribution in [0.15, 0.2) is 48.7 Å². The van der Waals surface area contributed by atoms with Crippen LogP contribution in [-0.2, 0) is 0 Å². The summed E-state index contributed by atoms with van der Waals surface area (Å²) in [6, 6.07) is 16.1. The lowest BCUT2D eigenvalue weighted by Gasteiger charge is -2.37. The Morgan fingerprint density at radius 1 is 0.900 bits per heavy atom. The topological polar surface area (TPSA) is 43.2 Å². The number of nitrogens with zero attached hydrogens (tertiary/aromatic N) is 4. The number of piperazine rings is 1. The molecule has 20 heavy (non-hydrogen) atoms. The van der Waals surface area contributed by atoms with Crippen molar-refractivity contribution in [2.24, 2.45) is 0 Å². The van der Waals surface area contributed by atoms with Gasteiger partial charge in [0.2, 0.25) is 0 Å². The lowest BCUT2D eigenvalue weighted by atomic mass is 10.1. The molecule has 3 rings (SSSR count). The van der Waals surface area contributed by atoms with Crippen molar-refractivity contribution in [1.29, 1.82) is 5.26 Å². The van der Waals surface area contributed by atoms with E-state index in [-0.39, 0.29) is 0 Å². The number of benzene rings is 1. The summed E-state index contributed by atoms with van der Waals surface area (Å²) in [4.78, 5) is 8.95. The van der Waals surface area contributed by atoms with Gasteiger partial charge in [0.15, 0.2) is 0 Å². The molecule has 0 radical (unpaired) electrons. The molecular weight excluding hydrogens is 248 g/mol. The van der Waals surface area contributed by atoms with E-state index in [9.17, 15) is 5.26 Å². The van der Waals surface area contributed by atoms with Gasteiger partial charge in [-0.25, -0.2) is 4.98 Å². The molecule has 2 heterocycles. The smallest absolute Gasteiger partial charge is 0.128 e. The fourth-order valence-corrected chi connectivity index (χ4v) is 2.56. The number of pyridine rings is 1. The standard InChI is InChI=1S/C16H16N4/c17-13-14-5-1-2-6-15(14)19-9-11-20(12-10-19)16-7-3-4-8-18-16/h1-8H,9-12H2. The van der Waals surface area contributed by atoms with E-state index in [0.717, 1.165) is 43.2 Å². The maximum absolute atomic E-state index is 9.18. The normalized spacial score (nSPS) is 14.9. The summed E-state index contributed by atoms with van der Waals surface area (Å²) in [6.45, 7) is 3.68. The zero-order chi connectivity index (χ0) is 13.8. The van der Waals surface area contributed by atoms with Crippen LogP contribution in [0, 0.1) is 11.3 Å². The van der Waals surface area contributed by atoms with Gasteiger partial charge >= 0.3 is 0 Å². The molecule has 0 unspecified atom stereocenters. The van der Waals surface area contributed by atoms with E-state index in [4.69, 9.17) is 0 Å². The fraction of sp³-hybridized carbons (Fsp3) is 0.250. The lowest BCUT2D eigenvalue weighted by molar-refractivity contribution is 0.647. The molecule has 1 aromatic carbocycles. The molecular formula is C16H16N4. The predicted octanol–water partition coefficient (Wildman–Crippen LogP) is 2.28. The average Bonchev–Trinajstić information content (AvgIpc) is 2.56. The zero-order valence-electron chi connectivity index (χ0n) is 11.2. The van der Waals surface area contributed by atoms with E-state index in [0.29, 0.717) is 0 Å². The first kappa shape index (κ1) is 12.5. The SMILES string of the molecule is N#Cc1ccccc1N1CCN(c2ccccn2)CC1. The second-order valence-corrected chi connectivity index (χ2v) is 4.79. The van der Waals surface area contributed by atoms with E-state index < -0.39 is 0 Å². The zero-order valence-corrected chi connectivity index (χ0v) is 11.2. The van der Waals surface area contributed by atoms with Gasteiger partial charge in [0.1, 0.15) is 11.9 Å². The van der Waals surface area contributed by atoms with Crippen LogP contribution in [0.3, 0.4) is 0 Å². The Bertz CT molecular complexity index is 610. The minimum absolute atomic E-state index is 0.749. The molecule has 100 valence electrons. The van der Waals surface area contributed by atoms with Gasteiger partial charge < -0.3 is 9.80 Å². The summed E-state index contributed by atoms with van der Waals surface area (Å²) < 4.78 is 0. The van der Waals surface area contributed by atoms with Crippen LogP contribution in [0.25, 0.3) is 0 Å². The highest BCUT2D eigenvalue weighted by Crippen LogP contribution is 2.22. The van der Waals surface area contributed by atoms with Crippen molar-refractivity contribution in [3.8, 4) is 6.07 Å². The molecule has 2 aromatic rings. The van der Waals surface area contributed by atoms with Crippen LogP contribution >= 0.6 is 0 Å². The molecule has 0 atom stereocenters. The average molecular weight is 264 g/mol. The maximum atomic E-state index is 9.18. The molecule has 0 N–H and O–H groups in total. The van der Waals surface area contributed by atoms with Crippen molar-refractivity contribution in [3.05, 3.63) is 54.2 Å². The van der Waals surface area contributed by atoms with E-state index in [1.54, 1.807) is 0 Å². The van der Waals surface area contributed by atoms with Gasteiger partial charge in [0.25, 0.3) is 0 Å². The highest BCUT2D eigenvalue weighted by molar-refractivity contribution is 5.60. The van der Waals surface area contributed by atoms with E-state index in [1.807, 2.05) is 48.7 Å². The molecule has 0 aliphatic carbocycles. The molecule has 1 aliphatic rings. The lowest BCUT2D eigenvalue weighted by Crippen LogP contribution is -2.47. The van der Waals surface area contributed by atoms with Gasteiger partial charge in [0.05, 0.1) is 11.3 Å². The van der Waals surface area contributed by atoms with Crippen molar-refractivity contribution in [1.82, 2.24) is 4.98 Å². The molecule has 4 heteroatoms. The molecule has 0 saturated carbocycles. The number of anilines is 2. The predicted molar refractivity (Wildman–Crippen MR) is 79.8 cm³/mol. The van der Waals surface area contributed by atoms with Crippen molar-refractivity contribution < 1.29 is 0 Å². The minimum atomic E-state index is 0.749. The summed E-state index contributed by atoms with van der Waals surface area (Å²) in [5.74, 6) is 1.03. The summed E-state index contributed by atoms with van der Waals surface area (Å²) in [5, 5.41) is 9.18. The highest BCUT2D eigenvalue weighted by atomic mass is 15.3. The maximum Gasteiger partial charge on any atom is 0.128 e. The third kappa shape index (κ3) is 2.43. The first-order chi connectivity index (χ1) is 9.88. The van der Waals surface area contributed by atoms with Gasteiger partial charge in [0, 0.05) is 32.4 Å². The summed E-state index contributed by atoms with van der Waals surface area (Å²) >= 11 is 0. The van der Waals surface area contributed by atoms with Crippen LogP contribution in [0.4, 0.5) is 11.5 Å². The first-order valence-corrected chi connectivity index (χ1v) is 6.78. The van der Waals surface area contributed by atoms with Gasteiger partial charge in [-0.1, -0.05) is 18.2 Å². The molecule has 1 aliphatic heterocycles. The minimum Gasteiger partial charge on any atom is -0.367 e. The molecule has 1 saturated heterocycles. The van der Waals surface area contributed by atoms with Crippen LogP contribution in [0.5, 0.6) is 0 Å². The third-order valence-corrected chi connectivity index (χ3v) is 3.62. The second kappa shape index (κ2) is 5.62. The number of aromatic nitrogens is 1. The Morgan fingerprint density at radius 3 is 2.30 bits per heavy atom. The number of nitriles is 1. The Kier molecular flexibility index (Phi) is 3.51. The molecule has 1 fully saturated rings. The Hall–Kier alpha value is -2.54. The highest BCUT2D eigenvalue weighted by Gasteiger charge is 2.19. The first-order valence-electron chi connectivity index (χ1n) is 6.78. The van der Waals surface area contributed by atoms with Crippen molar-refractivity contribution >= 4 is 11.5 Å². The summed E-state index contributed by atoms with van der Waals surface area (Å²) in [6.07, 6.45) is 1.83. The molecule has 1 aromatic heterocycles. The van der Waals surface area contributed by atoms with Crippen molar-refractivity contribution in [2.45, 2.75) is 0 Å². The fourth-order valence-electron chi connectivity index (χ4n) is 2.56. The van der Waals surface area contributed by atoms with E-state index in [1.165, 1.54) is 0 Å². The Labute approximate surface area is 118 Å². The van der Waals surface area contributed by atoms with Gasteiger partial charge in [-0.05, 0) is 24.3 Å². The van der Waals surface area contributed by atoms with Crippen LogP contribution in [0.1, 0.15) is 5.56 Å². The number of para-hydroxylation sites is 1. The molecule has 0 amide bonds. The van der Waals surface area contributed by atoms with Gasteiger partial charge in [-0.15, -0.1) is 0 Å². The monoisotopic (exact) mass is 264 g/mol. The summed E-state index contributed by atoms with van der Waals surface area (Å²) in [7, 11) is 0. The van der Waals surface area contributed by atoms with Gasteiger partial charge in [-0.2, -0.15) is 5.26 Å². The summed E-state index contributed by atoms with van der Waals surface area (Å²) in [5.41, 5.74) is 1.79. The second-order valence-electron chi connectivity index (χ2n) is 4.79. The van der Waals surface area contributed by atoms with Gasteiger partial charge in [-0.3, -0.25) is 0 Å². The van der Waals surface area contributed by atoms with Crippen molar-refractivity contribution in [2.75, 3.05) is 36.0 Å². The Balaban J connectivity index is 1.72. The van der Waals surface area contributed by atoms with Crippen molar-refractivity contribution in [3.63, 3.8) is 0 Å². The number of hydrogen-bond donors (Lipinski definition) is 0. The molecule has 4 nitrogen and oxygen atoms in total. The number of rotatable bonds is 2. The molecule has 0 spiro atoms. The quantitative estimate of drug-likeness (QED) is 0.834. The third-order valence-electron chi connectivity index (χ3n) is 3.62. The van der Waals surface area contributed by atoms with Crippen LogP contribution in [-0.4, -0.2) is 31.2 Å².